The summed E-state index contributed by atoms with van der Waals surface area (Å²) in [5, 5.41) is 9.13. The normalized spacial score (nSPS) is 14.3. The van der Waals surface area contributed by atoms with Crippen molar-refractivity contribution in [1.82, 2.24) is 10.3 Å². The maximum absolute atomic E-state index is 13.8. The van der Waals surface area contributed by atoms with Crippen LogP contribution in [0.25, 0.3) is 21.7 Å². The Bertz CT molecular complexity index is 1740. The van der Waals surface area contributed by atoms with Gasteiger partial charge in [-0.3, -0.25) is 14.4 Å². The molecular weight excluding hydrogens is 524 g/mol. The first-order valence-corrected chi connectivity index (χ1v) is 13.6. The van der Waals surface area contributed by atoms with Crippen LogP contribution in [0.3, 0.4) is 0 Å². The van der Waals surface area contributed by atoms with Crippen LogP contribution in [0.15, 0.2) is 91.1 Å². The average molecular weight is 551 g/mol. The molecule has 1 aromatic heterocycles. The van der Waals surface area contributed by atoms with E-state index in [9.17, 15) is 14.4 Å². The van der Waals surface area contributed by atoms with Crippen molar-refractivity contribution in [2.45, 2.75) is 25.3 Å². The first-order valence-electron chi connectivity index (χ1n) is 13.2. The Morgan fingerprint density at radius 1 is 0.900 bits per heavy atom. The molecule has 1 fully saturated rings. The van der Waals surface area contributed by atoms with Gasteiger partial charge in [-0.2, -0.15) is 0 Å². The van der Waals surface area contributed by atoms with E-state index in [0.29, 0.717) is 34.8 Å². The van der Waals surface area contributed by atoms with Crippen LogP contribution >= 0.6 is 11.6 Å². The highest BCUT2D eigenvalue weighted by molar-refractivity contribution is 6.35. The topological polar surface area (TPSA) is 94.3 Å². The second-order valence-corrected chi connectivity index (χ2v) is 10.3. The lowest BCUT2D eigenvalue weighted by Gasteiger charge is -2.27. The van der Waals surface area contributed by atoms with Crippen molar-refractivity contribution in [1.29, 1.82) is 0 Å². The summed E-state index contributed by atoms with van der Waals surface area (Å²) >= 11 is 6.20. The molecule has 0 saturated carbocycles. The first-order chi connectivity index (χ1) is 19.5. The highest BCUT2D eigenvalue weighted by atomic mass is 35.5. The van der Waals surface area contributed by atoms with Crippen LogP contribution in [-0.4, -0.2) is 29.3 Å². The summed E-state index contributed by atoms with van der Waals surface area (Å²) in [6.07, 6.45) is 4.11. The summed E-state index contributed by atoms with van der Waals surface area (Å²) in [4.78, 5) is 44.4. The van der Waals surface area contributed by atoms with Crippen molar-refractivity contribution in [2.24, 2.45) is 0 Å². The second kappa shape index (κ2) is 10.9. The van der Waals surface area contributed by atoms with Gasteiger partial charge in [0.2, 0.25) is 5.91 Å². The van der Waals surface area contributed by atoms with Crippen LogP contribution in [0.5, 0.6) is 0 Å². The number of nitrogens with zero attached hydrogens (tertiary/aromatic N) is 1. The number of H-pyrrole nitrogens is 1. The fourth-order valence-corrected chi connectivity index (χ4v) is 5.47. The van der Waals surface area contributed by atoms with Gasteiger partial charge in [0.05, 0.1) is 5.02 Å². The van der Waals surface area contributed by atoms with Crippen molar-refractivity contribution < 1.29 is 14.4 Å². The van der Waals surface area contributed by atoms with E-state index in [0.717, 1.165) is 40.2 Å². The summed E-state index contributed by atoms with van der Waals surface area (Å²) in [6.45, 7) is 0.695. The van der Waals surface area contributed by atoms with Gasteiger partial charge >= 0.3 is 0 Å². The molecule has 1 unspecified atom stereocenters. The number of benzene rings is 4. The molecule has 1 aliphatic rings. The van der Waals surface area contributed by atoms with E-state index in [4.69, 9.17) is 11.6 Å². The third-order valence-electron chi connectivity index (χ3n) is 7.34. The number of aromatic nitrogens is 1. The number of rotatable bonds is 6. The lowest BCUT2D eigenvalue weighted by atomic mass is 9.97. The number of hydrogen-bond donors (Lipinski definition) is 3. The van der Waals surface area contributed by atoms with Gasteiger partial charge in [0.15, 0.2) is 0 Å². The van der Waals surface area contributed by atoms with E-state index in [-0.39, 0.29) is 17.7 Å². The molecule has 0 aliphatic carbocycles. The smallest absolute Gasteiger partial charge is 0.252 e. The van der Waals surface area contributed by atoms with Gasteiger partial charge in [-0.25, -0.2) is 0 Å². The zero-order valence-electron chi connectivity index (χ0n) is 21.6. The van der Waals surface area contributed by atoms with Gasteiger partial charge < -0.3 is 20.5 Å². The number of anilines is 2. The SMILES string of the molecule is O=C(NC(C(=O)Nc1ccc(N2CCCCC2=O)cc1)c1cccc2ccccc12)c1ccc2c(Cl)c[nH]c2c1. The molecule has 40 heavy (non-hydrogen) atoms. The highest BCUT2D eigenvalue weighted by Crippen LogP contribution is 2.28. The molecule has 1 saturated heterocycles. The summed E-state index contributed by atoms with van der Waals surface area (Å²) in [5.41, 5.74) is 3.20. The fraction of sp³-hybridized carbons (Fsp3) is 0.156. The predicted molar refractivity (Wildman–Crippen MR) is 159 cm³/mol. The van der Waals surface area contributed by atoms with Crippen LogP contribution < -0.4 is 15.5 Å². The third-order valence-corrected chi connectivity index (χ3v) is 7.65. The number of amides is 3. The lowest BCUT2D eigenvalue weighted by molar-refractivity contribution is -0.119. The number of halogens is 1. The van der Waals surface area contributed by atoms with E-state index in [1.807, 2.05) is 54.6 Å². The van der Waals surface area contributed by atoms with Gasteiger partial charge in [-0.1, -0.05) is 60.1 Å². The van der Waals surface area contributed by atoms with Crippen molar-refractivity contribution in [3.8, 4) is 0 Å². The Morgan fingerprint density at radius 3 is 2.52 bits per heavy atom. The number of nitrogens with one attached hydrogen (secondary N) is 3. The lowest BCUT2D eigenvalue weighted by Crippen LogP contribution is -2.37. The number of hydrogen-bond acceptors (Lipinski definition) is 3. The molecule has 1 aliphatic heterocycles. The minimum Gasteiger partial charge on any atom is -0.360 e. The Hall–Kier alpha value is -4.62. The van der Waals surface area contributed by atoms with Crippen LogP contribution in [-0.2, 0) is 9.59 Å². The maximum atomic E-state index is 13.8. The standard InChI is InChI=1S/C32H27ClN4O3/c33-27-19-34-28-18-21(11-16-26(27)28)31(39)36-30(25-9-5-7-20-6-1-2-8-24(20)25)32(40)35-22-12-14-23(15-13-22)37-17-4-3-10-29(37)38/h1-2,5-9,11-16,18-19,30,34H,3-4,10,17H2,(H,35,40)(H,36,39). The first kappa shape index (κ1) is 25.6. The van der Waals surface area contributed by atoms with Gasteiger partial charge in [-0.15, -0.1) is 0 Å². The van der Waals surface area contributed by atoms with Crippen LogP contribution in [0, 0.1) is 0 Å². The predicted octanol–water partition coefficient (Wildman–Crippen LogP) is 6.60. The van der Waals surface area contributed by atoms with Gasteiger partial charge in [0.25, 0.3) is 11.8 Å². The molecule has 3 N–H and O–H groups in total. The summed E-state index contributed by atoms with van der Waals surface area (Å²) in [5.74, 6) is -0.656. The monoisotopic (exact) mass is 550 g/mol. The summed E-state index contributed by atoms with van der Waals surface area (Å²) in [6, 6.07) is 24.9. The molecule has 0 radical (unpaired) electrons. The zero-order valence-corrected chi connectivity index (χ0v) is 22.4. The van der Waals surface area contributed by atoms with Crippen molar-refractivity contribution in [3.05, 3.63) is 107 Å². The number of piperidine rings is 1. The van der Waals surface area contributed by atoms with Crippen molar-refractivity contribution in [2.75, 3.05) is 16.8 Å². The van der Waals surface area contributed by atoms with Crippen LogP contribution in [0.2, 0.25) is 5.02 Å². The van der Waals surface area contributed by atoms with E-state index in [1.54, 1.807) is 41.4 Å². The van der Waals surface area contributed by atoms with E-state index in [2.05, 4.69) is 15.6 Å². The molecule has 0 bridgehead atoms. The largest absolute Gasteiger partial charge is 0.360 e. The summed E-state index contributed by atoms with van der Waals surface area (Å²) < 4.78 is 0. The number of aromatic amines is 1. The molecule has 0 spiro atoms. The molecule has 1 atom stereocenters. The number of carbonyl (C=O) groups is 3. The van der Waals surface area contributed by atoms with Crippen molar-refractivity contribution in [3.63, 3.8) is 0 Å². The number of fused-ring (bicyclic) bond motifs is 2. The van der Waals surface area contributed by atoms with E-state index >= 15 is 0 Å². The molecule has 3 amide bonds. The average Bonchev–Trinajstić information content (AvgIpc) is 3.36. The van der Waals surface area contributed by atoms with Gasteiger partial charge in [0, 0.05) is 47.0 Å². The van der Waals surface area contributed by atoms with Gasteiger partial charge in [-0.05, 0) is 65.6 Å². The molecule has 4 aromatic carbocycles. The molecular formula is C32H27ClN4O3. The molecule has 200 valence electrons. The molecule has 6 rings (SSSR count). The minimum atomic E-state index is -0.968. The zero-order chi connectivity index (χ0) is 27.6. The Labute approximate surface area is 236 Å². The quantitative estimate of drug-likeness (QED) is 0.222. The molecule has 5 aromatic rings. The van der Waals surface area contributed by atoms with Crippen LogP contribution in [0.1, 0.15) is 41.2 Å². The van der Waals surface area contributed by atoms with E-state index in [1.165, 1.54) is 0 Å². The van der Waals surface area contributed by atoms with Crippen molar-refractivity contribution >= 4 is 62.4 Å². The minimum absolute atomic E-state index is 0.113. The molecule has 2 heterocycles. The van der Waals surface area contributed by atoms with Crippen LogP contribution in [0.4, 0.5) is 11.4 Å². The van der Waals surface area contributed by atoms with Gasteiger partial charge in [0.1, 0.15) is 6.04 Å². The Balaban J connectivity index is 1.29. The highest BCUT2D eigenvalue weighted by Gasteiger charge is 2.26. The van der Waals surface area contributed by atoms with E-state index < -0.39 is 6.04 Å². The second-order valence-electron chi connectivity index (χ2n) is 9.91. The number of carbonyl (C=O) groups excluding carboxylic acids is 3. The Morgan fingerprint density at radius 2 is 1.70 bits per heavy atom. The fourth-order valence-electron chi connectivity index (χ4n) is 5.25. The summed E-state index contributed by atoms with van der Waals surface area (Å²) in [7, 11) is 0. The molecule has 8 heteroatoms. The Kier molecular flexibility index (Phi) is 6.97. The molecule has 7 nitrogen and oxygen atoms in total. The maximum Gasteiger partial charge on any atom is 0.252 e. The third kappa shape index (κ3) is 5.03.